The second kappa shape index (κ2) is 10.1. The summed E-state index contributed by atoms with van der Waals surface area (Å²) in [7, 11) is 4.45. The Balaban J connectivity index is 2.01. The Bertz CT molecular complexity index is 1350. The highest BCUT2D eigenvalue weighted by molar-refractivity contribution is 5.92. The number of aryl methyl sites for hydroxylation is 1. The summed E-state index contributed by atoms with van der Waals surface area (Å²) in [6, 6.07) is 8.58. The highest BCUT2D eigenvalue weighted by Gasteiger charge is 2.39. The molecule has 1 atom stereocenters. The van der Waals surface area contributed by atoms with E-state index >= 15 is 0 Å². The highest BCUT2D eigenvalue weighted by Crippen LogP contribution is 2.46. The minimum absolute atomic E-state index is 0.00382. The van der Waals surface area contributed by atoms with Crippen molar-refractivity contribution >= 4 is 5.97 Å². The number of ether oxygens (including phenoxy) is 5. The third kappa shape index (κ3) is 4.26. The number of hydrogen-bond donors (Lipinski definition) is 1. The van der Waals surface area contributed by atoms with Crippen LogP contribution in [-0.2, 0) is 16.1 Å². The first-order valence-corrected chi connectivity index (χ1v) is 11.3. The summed E-state index contributed by atoms with van der Waals surface area (Å²) < 4.78 is 34.6. The van der Waals surface area contributed by atoms with Crippen molar-refractivity contribution in [2.75, 3.05) is 27.9 Å². The summed E-state index contributed by atoms with van der Waals surface area (Å²) in [4.78, 5) is 27.1. The molecule has 0 saturated carbocycles. The number of fused-ring (bicyclic) bond motifs is 1. The van der Waals surface area contributed by atoms with E-state index in [-0.39, 0.29) is 41.5 Å². The van der Waals surface area contributed by atoms with E-state index in [4.69, 9.17) is 33.8 Å². The molecule has 10 nitrogen and oxygen atoms in total. The molecule has 190 valence electrons. The van der Waals surface area contributed by atoms with Crippen LogP contribution in [-0.4, -0.2) is 38.5 Å². The molecule has 0 fully saturated rings. The van der Waals surface area contributed by atoms with Crippen molar-refractivity contribution in [3.05, 3.63) is 81.0 Å². The number of methoxy groups -OCH3 is 3. The molecule has 0 saturated heterocycles. The fourth-order valence-electron chi connectivity index (χ4n) is 4.35. The number of benzene rings is 1. The van der Waals surface area contributed by atoms with Crippen molar-refractivity contribution in [3.8, 4) is 23.0 Å². The molecule has 4 rings (SSSR count). The van der Waals surface area contributed by atoms with Gasteiger partial charge in [-0.25, -0.2) is 4.79 Å². The van der Waals surface area contributed by atoms with Crippen LogP contribution in [0.4, 0.5) is 0 Å². The van der Waals surface area contributed by atoms with Crippen LogP contribution in [0.2, 0.25) is 0 Å². The van der Waals surface area contributed by atoms with Crippen molar-refractivity contribution in [3.63, 3.8) is 0 Å². The summed E-state index contributed by atoms with van der Waals surface area (Å²) in [5.74, 6) is 0.135. The van der Waals surface area contributed by atoms with Crippen molar-refractivity contribution < 1.29 is 32.9 Å². The molecule has 0 amide bonds. The largest absolute Gasteiger partial charge is 0.493 e. The molecule has 2 aromatic heterocycles. The van der Waals surface area contributed by atoms with Crippen molar-refractivity contribution in [1.29, 1.82) is 0 Å². The van der Waals surface area contributed by atoms with Gasteiger partial charge in [0, 0.05) is 11.8 Å². The molecule has 2 N–H and O–H groups in total. The predicted molar refractivity (Wildman–Crippen MR) is 130 cm³/mol. The molecule has 3 heterocycles. The number of carbonyl (C=O) groups excluding carboxylic acids is 1. The van der Waals surface area contributed by atoms with Gasteiger partial charge >= 0.3 is 5.97 Å². The first-order valence-electron chi connectivity index (χ1n) is 11.3. The average Bonchev–Trinajstić information content (AvgIpc) is 3.38. The number of furan rings is 1. The van der Waals surface area contributed by atoms with Gasteiger partial charge in [0.05, 0.1) is 52.2 Å². The van der Waals surface area contributed by atoms with Gasteiger partial charge in [-0.1, -0.05) is 0 Å². The maximum absolute atomic E-state index is 13.9. The molecular weight excluding hydrogens is 468 g/mol. The van der Waals surface area contributed by atoms with E-state index in [1.54, 1.807) is 48.7 Å². The smallest absolute Gasteiger partial charge is 0.340 e. The topological polar surface area (TPSA) is 124 Å². The molecule has 1 aromatic carbocycles. The maximum Gasteiger partial charge on any atom is 0.340 e. The Kier molecular flexibility index (Phi) is 6.96. The lowest BCUT2D eigenvalue weighted by Gasteiger charge is -2.29. The first kappa shape index (κ1) is 24.8. The number of nitrogens with zero attached hydrogens (tertiary/aromatic N) is 1. The van der Waals surface area contributed by atoms with Crippen LogP contribution in [0.3, 0.4) is 0 Å². The SMILES string of the molecule is CCOC(=O)C1=C(N)Oc2cc(C)n(Cc3ccco3)c(=O)c2[C@H]1c1cc(OC)c(OC)c(OC)c1. The molecule has 10 heteroatoms. The van der Waals surface area contributed by atoms with Crippen molar-refractivity contribution in [1.82, 2.24) is 4.57 Å². The molecule has 3 aromatic rings. The Labute approximate surface area is 207 Å². The Morgan fingerprint density at radius 2 is 1.81 bits per heavy atom. The second-order valence-corrected chi connectivity index (χ2v) is 8.03. The predicted octanol–water partition coefficient (Wildman–Crippen LogP) is 3.08. The quantitative estimate of drug-likeness (QED) is 0.469. The summed E-state index contributed by atoms with van der Waals surface area (Å²) in [5.41, 5.74) is 7.24. The lowest BCUT2D eigenvalue weighted by Crippen LogP contribution is -2.35. The van der Waals surface area contributed by atoms with Gasteiger partial charge in [0.15, 0.2) is 11.5 Å². The number of aromatic nitrogens is 1. The molecule has 0 unspecified atom stereocenters. The van der Waals surface area contributed by atoms with E-state index in [1.807, 2.05) is 0 Å². The van der Waals surface area contributed by atoms with Crippen LogP contribution >= 0.6 is 0 Å². The third-order valence-corrected chi connectivity index (χ3v) is 5.98. The number of hydrogen-bond acceptors (Lipinski definition) is 9. The van der Waals surface area contributed by atoms with E-state index in [0.717, 1.165) is 0 Å². The minimum Gasteiger partial charge on any atom is -0.493 e. The summed E-state index contributed by atoms with van der Waals surface area (Å²) in [6.45, 7) is 3.77. The molecule has 36 heavy (non-hydrogen) atoms. The van der Waals surface area contributed by atoms with Gasteiger partial charge in [-0.3, -0.25) is 4.79 Å². The van der Waals surface area contributed by atoms with Gasteiger partial charge in [0.1, 0.15) is 17.1 Å². The van der Waals surface area contributed by atoms with Crippen LogP contribution in [0.1, 0.15) is 35.4 Å². The van der Waals surface area contributed by atoms with Crippen LogP contribution in [0.15, 0.2) is 57.3 Å². The van der Waals surface area contributed by atoms with E-state index < -0.39 is 11.9 Å². The number of pyridine rings is 1. The van der Waals surface area contributed by atoms with Gasteiger partial charge in [-0.2, -0.15) is 0 Å². The molecule has 0 bridgehead atoms. The van der Waals surface area contributed by atoms with Gasteiger partial charge < -0.3 is 38.4 Å². The lowest BCUT2D eigenvalue weighted by molar-refractivity contribution is -0.139. The third-order valence-electron chi connectivity index (χ3n) is 5.98. The second-order valence-electron chi connectivity index (χ2n) is 8.03. The lowest BCUT2D eigenvalue weighted by atomic mass is 9.83. The highest BCUT2D eigenvalue weighted by atomic mass is 16.5. The Morgan fingerprint density at radius 1 is 1.11 bits per heavy atom. The van der Waals surface area contributed by atoms with Gasteiger partial charge in [0.25, 0.3) is 5.56 Å². The van der Waals surface area contributed by atoms with Crippen molar-refractivity contribution in [2.45, 2.75) is 26.3 Å². The van der Waals surface area contributed by atoms with Gasteiger partial charge in [-0.05, 0) is 43.7 Å². The number of rotatable bonds is 8. The summed E-state index contributed by atoms with van der Waals surface area (Å²) in [6.07, 6.45) is 1.54. The normalized spacial score (nSPS) is 14.6. The Hall–Kier alpha value is -4.34. The zero-order chi connectivity index (χ0) is 26.0. The monoisotopic (exact) mass is 496 g/mol. The van der Waals surface area contributed by atoms with Crippen LogP contribution in [0.5, 0.6) is 23.0 Å². The summed E-state index contributed by atoms with van der Waals surface area (Å²) in [5, 5.41) is 0. The zero-order valence-electron chi connectivity index (χ0n) is 20.7. The van der Waals surface area contributed by atoms with Gasteiger partial charge in [-0.15, -0.1) is 0 Å². The van der Waals surface area contributed by atoms with E-state index in [1.165, 1.54) is 27.6 Å². The van der Waals surface area contributed by atoms with Crippen LogP contribution in [0, 0.1) is 6.92 Å². The van der Waals surface area contributed by atoms with Crippen molar-refractivity contribution in [2.24, 2.45) is 5.73 Å². The fraction of sp³-hybridized carbons (Fsp3) is 0.308. The fourth-order valence-corrected chi connectivity index (χ4v) is 4.35. The molecule has 0 spiro atoms. The van der Waals surface area contributed by atoms with E-state index in [9.17, 15) is 9.59 Å². The molecule has 1 aliphatic heterocycles. The van der Waals surface area contributed by atoms with E-state index in [0.29, 0.717) is 34.3 Å². The first-order chi connectivity index (χ1) is 17.3. The maximum atomic E-state index is 13.9. The molecule has 1 aliphatic rings. The zero-order valence-corrected chi connectivity index (χ0v) is 20.7. The molecule has 0 aliphatic carbocycles. The van der Waals surface area contributed by atoms with Crippen LogP contribution < -0.4 is 30.2 Å². The average molecular weight is 497 g/mol. The number of nitrogens with two attached hydrogens (primary N) is 1. The van der Waals surface area contributed by atoms with E-state index in [2.05, 4.69) is 0 Å². The number of esters is 1. The van der Waals surface area contributed by atoms with Crippen LogP contribution in [0.25, 0.3) is 0 Å². The standard InChI is InChI=1S/C26H28N2O8/c1-6-34-26(30)22-20(15-11-18(31-3)23(33-5)19(12-15)32-4)21-17(36-24(22)27)10-14(2)28(25(21)29)13-16-8-7-9-35-16/h7-12,20H,6,13,27H2,1-5H3/t20-/m1/s1. The summed E-state index contributed by atoms with van der Waals surface area (Å²) >= 11 is 0. The minimum atomic E-state index is -0.933. The van der Waals surface area contributed by atoms with Gasteiger partial charge in [0.2, 0.25) is 11.6 Å². The Morgan fingerprint density at radius 3 is 2.36 bits per heavy atom. The molecule has 0 radical (unpaired) electrons. The number of carbonyl (C=O) groups is 1. The molecular formula is C26H28N2O8.